The SMILES string of the molecule is COC(=O)N[C@H]1CCC[C@@H]1C(CN(C)C)(c1cccc(F)c1)C1CCN(CC2CN(c3ccc(C#N)c(C(=O)N(C)C)c3)C2)CC1. The third kappa shape index (κ3) is 7.01. The Morgan fingerprint density at radius 2 is 1.80 bits per heavy atom. The molecule has 1 unspecified atom stereocenters. The van der Waals surface area contributed by atoms with Crippen molar-refractivity contribution in [2.45, 2.75) is 43.6 Å². The smallest absolute Gasteiger partial charge is 0.407 e. The van der Waals surface area contributed by atoms with Gasteiger partial charge in [-0.3, -0.25) is 4.79 Å². The molecule has 3 atom stereocenters. The lowest BCUT2D eigenvalue weighted by Gasteiger charge is -2.52. The number of hydrogen-bond donors (Lipinski definition) is 1. The van der Waals surface area contributed by atoms with Gasteiger partial charge in [0.2, 0.25) is 0 Å². The summed E-state index contributed by atoms with van der Waals surface area (Å²) in [7, 11) is 9.00. The molecule has 2 amide bonds. The summed E-state index contributed by atoms with van der Waals surface area (Å²) in [5, 5.41) is 12.6. The van der Waals surface area contributed by atoms with Crippen LogP contribution in [0, 0.1) is 34.9 Å². The summed E-state index contributed by atoms with van der Waals surface area (Å²) >= 11 is 0. The number of hydrogen-bond acceptors (Lipinski definition) is 7. The lowest BCUT2D eigenvalue weighted by atomic mass is 9.58. The van der Waals surface area contributed by atoms with E-state index in [4.69, 9.17) is 4.74 Å². The van der Waals surface area contributed by atoms with E-state index in [0.29, 0.717) is 23.0 Å². The van der Waals surface area contributed by atoms with Crippen LogP contribution in [0.5, 0.6) is 0 Å². The first-order valence-corrected chi connectivity index (χ1v) is 16.5. The number of anilines is 1. The molecular weight excluding hydrogens is 583 g/mol. The standard InChI is InChI=1S/C36H49FN6O3/c1-40(2)24-36(28-8-6-9-29(37)18-28,32-10-7-11-33(32)39-35(45)46-5)27-14-16-42(17-15-27)21-25-22-43(23-25)30-13-12-26(20-38)31(19-30)34(44)41(3)4/h6,8-9,12-13,18-19,25,27,32-33H,7,10-11,14-17,21-24H2,1-5H3,(H,39,45)/t32-,33-,36?/m0/s1. The van der Waals surface area contributed by atoms with Crippen LogP contribution in [0.3, 0.4) is 0 Å². The summed E-state index contributed by atoms with van der Waals surface area (Å²) in [4.78, 5) is 33.6. The van der Waals surface area contributed by atoms with Gasteiger partial charge in [0.25, 0.3) is 5.91 Å². The fraction of sp³-hybridized carbons (Fsp3) is 0.583. The molecule has 2 heterocycles. The van der Waals surface area contributed by atoms with Crippen LogP contribution in [0.2, 0.25) is 0 Å². The fourth-order valence-electron chi connectivity index (χ4n) is 8.49. The molecule has 0 bridgehead atoms. The maximum absolute atomic E-state index is 14.8. The molecule has 2 aromatic rings. The van der Waals surface area contributed by atoms with Crippen molar-refractivity contribution in [1.29, 1.82) is 5.26 Å². The number of piperidine rings is 1. The lowest BCUT2D eigenvalue weighted by molar-refractivity contribution is 0.0488. The van der Waals surface area contributed by atoms with Crippen LogP contribution < -0.4 is 10.2 Å². The first kappa shape index (κ1) is 33.7. The Balaban J connectivity index is 1.28. The van der Waals surface area contributed by atoms with Crippen LogP contribution in [-0.2, 0) is 10.2 Å². The number of nitrogens with zero attached hydrogens (tertiary/aromatic N) is 5. The highest BCUT2D eigenvalue weighted by Gasteiger charge is 2.52. The number of carbonyl (C=O) groups is 2. The number of methoxy groups -OCH3 is 1. The van der Waals surface area contributed by atoms with E-state index in [0.717, 1.165) is 82.6 Å². The molecule has 2 aromatic carbocycles. The Bertz CT molecular complexity index is 1430. The second-order valence-electron chi connectivity index (χ2n) is 14.0. The molecule has 9 nitrogen and oxygen atoms in total. The van der Waals surface area contributed by atoms with Crippen LogP contribution in [0.25, 0.3) is 0 Å². The molecule has 3 aliphatic rings. The molecule has 1 aliphatic carbocycles. The van der Waals surface area contributed by atoms with Gasteiger partial charge in [-0.15, -0.1) is 0 Å². The topological polar surface area (TPSA) is 92.1 Å². The van der Waals surface area contributed by atoms with Crippen LogP contribution in [-0.4, -0.2) is 107 Å². The normalized spacial score (nSPS) is 22.2. The van der Waals surface area contributed by atoms with Crippen molar-refractivity contribution in [2.75, 3.05) is 79.5 Å². The summed E-state index contributed by atoms with van der Waals surface area (Å²) < 4.78 is 19.8. The van der Waals surface area contributed by atoms with Gasteiger partial charge in [-0.1, -0.05) is 18.6 Å². The minimum absolute atomic E-state index is 0.0228. The van der Waals surface area contributed by atoms with Gasteiger partial charge < -0.3 is 29.7 Å². The third-order valence-electron chi connectivity index (χ3n) is 10.5. The molecule has 0 radical (unpaired) electrons. The highest BCUT2D eigenvalue weighted by molar-refractivity contribution is 5.97. The number of benzene rings is 2. The molecule has 5 rings (SSSR count). The number of halogens is 1. The molecule has 248 valence electrons. The molecular formula is C36H49FN6O3. The van der Waals surface area contributed by atoms with Gasteiger partial charge in [-0.05, 0) is 101 Å². The van der Waals surface area contributed by atoms with E-state index in [9.17, 15) is 19.2 Å². The van der Waals surface area contributed by atoms with E-state index in [1.165, 1.54) is 18.1 Å². The predicted octanol–water partition coefficient (Wildman–Crippen LogP) is 4.57. The Labute approximate surface area is 273 Å². The van der Waals surface area contributed by atoms with E-state index in [-0.39, 0.29) is 29.1 Å². The van der Waals surface area contributed by atoms with E-state index in [2.05, 4.69) is 46.2 Å². The number of carbonyl (C=O) groups excluding carboxylic acids is 2. The number of alkyl carbamates (subject to hydrolysis) is 1. The van der Waals surface area contributed by atoms with Crippen LogP contribution in [0.4, 0.5) is 14.9 Å². The van der Waals surface area contributed by atoms with Gasteiger partial charge in [0.05, 0.1) is 24.3 Å². The quantitative estimate of drug-likeness (QED) is 0.410. The number of likely N-dealkylation sites (N-methyl/N-ethyl adjacent to an activating group) is 1. The molecule has 1 saturated carbocycles. The first-order valence-electron chi connectivity index (χ1n) is 16.5. The van der Waals surface area contributed by atoms with Gasteiger partial charge in [-0.25, -0.2) is 9.18 Å². The Morgan fingerprint density at radius 1 is 1.07 bits per heavy atom. The number of likely N-dealkylation sites (tertiary alicyclic amines) is 1. The molecule has 3 fully saturated rings. The van der Waals surface area contributed by atoms with Crippen molar-refractivity contribution in [2.24, 2.45) is 17.8 Å². The van der Waals surface area contributed by atoms with Crippen molar-refractivity contribution in [3.63, 3.8) is 0 Å². The van der Waals surface area contributed by atoms with Gasteiger partial charge in [-0.2, -0.15) is 5.26 Å². The minimum atomic E-state index is -0.402. The van der Waals surface area contributed by atoms with Crippen molar-refractivity contribution in [1.82, 2.24) is 20.0 Å². The van der Waals surface area contributed by atoms with Gasteiger partial charge >= 0.3 is 6.09 Å². The highest BCUT2D eigenvalue weighted by Crippen LogP contribution is 2.51. The van der Waals surface area contributed by atoms with Crippen molar-refractivity contribution in [3.8, 4) is 6.07 Å². The van der Waals surface area contributed by atoms with Gasteiger partial charge in [0, 0.05) is 63.3 Å². The number of ether oxygens (including phenoxy) is 1. The number of nitriles is 1. The molecule has 10 heteroatoms. The Kier molecular flexibility index (Phi) is 10.5. The zero-order valence-electron chi connectivity index (χ0n) is 28.0. The zero-order valence-corrected chi connectivity index (χ0v) is 28.0. The molecule has 1 N–H and O–H groups in total. The third-order valence-corrected chi connectivity index (χ3v) is 10.5. The monoisotopic (exact) mass is 632 g/mol. The number of rotatable bonds is 10. The van der Waals surface area contributed by atoms with Gasteiger partial charge in [0.1, 0.15) is 5.82 Å². The maximum Gasteiger partial charge on any atom is 0.407 e. The summed E-state index contributed by atoms with van der Waals surface area (Å²) in [6, 6.07) is 14.8. The maximum atomic E-state index is 14.8. The second-order valence-corrected chi connectivity index (χ2v) is 14.0. The number of nitrogens with one attached hydrogen (secondary N) is 1. The Hall–Kier alpha value is -3.68. The van der Waals surface area contributed by atoms with Crippen LogP contribution in [0.1, 0.15) is 53.6 Å². The average molecular weight is 633 g/mol. The largest absolute Gasteiger partial charge is 0.453 e. The van der Waals surface area contributed by atoms with Crippen LogP contribution >= 0.6 is 0 Å². The van der Waals surface area contributed by atoms with E-state index >= 15 is 0 Å². The minimum Gasteiger partial charge on any atom is -0.453 e. The zero-order chi connectivity index (χ0) is 33.0. The lowest BCUT2D eigenvalue weighted by Crippen LogP contribution is -2.58. The summed E-state index contributed by atoms with van der Waals surface area (Å²) in [6.45, 7) is 5.58. The summed E-state index contributed by atoms with van der Waals surface area (Å²) in [5.74, 6) is 0.653. The number of amides is 2. The molecule has 0 aromatic heterocycles. The van der Waals surface area contributed by atoms with Gasteiger partial charge in [0.15, 0.2) is 0 Å². The summed E-state index contributed by atoms with van der Waals surface area (Å²) in [6.07, 6.45) is 4.51. The van der Waals surface area contributed by atoms with Crippen molar-refractivity contribution < 1.29 is 18.7 Å². The van der Waals surface area contributed by atoms with E-state index in [1.807, 2.05) is 18.2 Å². The van der Waals surface area contributed by atoms with Crippen molar-refractivity contribution >= 4 is 17.7 Å². The van der Waals surface area contributed by atoms with Crippen molar-refractivity contribution in [3.05, 3.63) is 65.0 Å². The molecule has 0 spiro atoms. The van der Waals surface area contributed by atoms with E-state index < -0.39 is 6.09 Å². The molecule has 46 heavy (non-hydrogen) atoms. The van der Waals surface area contributed by atoms with Crippen LogP contribution in [0.15, 0.2) is 42.5 Å². The van der Waals surface area contributed by atoms with E-state index in [1.54, 1.807) is 26.2 Å². The Morgan fingerprint density at radius 3 is 2.43 bits per heavy atom. The second kappa shape index (κ2) is 14.4. The average Bonchev–Trinajstić information content (AvgIpc) is 3.49. The first-order chi connectivity index (χ1) is 22.0. The predicted molar refractivity (Wildman–Crippen MR) is 177 cm³/mol. The molecule has 2 saturated heterocycles. The molecule has 2 aliphatic heterocycles. The highest BCUT2D eigenvalue weighted by atomic mass is 19.1. The fourth-order valence-corrected chi connectivity index (χ4v) is 8.49. The summed E-state index contributed by atoms with van der Waals surface area (Å²) in [5.41, 5.74) is 2.55.